The van der Waals surface area contributed by atoms with Crippen molar-refractivity contribution < 1.29 is 19.1 Å². The van der Waals surface area contributed by atoms with E-state index in [1.165, 1.54) is 12.2 Å². The Kier molecular flexibility index (Phi) is 8.88. The van der Waals surface area contributed by atoms with Crippen LogP contribution >= 0.6 is 0 Å². The van der Waals surface area contributed by atoms with Crippen molar-refractivity contribution in [1.82, 2.24) is 10.6 Å². The Morgan fingerprint density at radius 1 is 0.742 bits per heavy atom. The molecular weight excluding hydrogens is 392 g/mol. The van der Waals surface area contributed by atoms with E-state index in [4.69, 9.17) is 9.47 Å². The van der Waals surface area contributed by atoms with Gasteiger partial charge in [0, 0.05) is 25.2 Å². The van der Waals surface area contributed by atoms with Crippen LogP contribution in [0.1, 0.15) is 25.0 Å². The Bertz CT molecular complexity index is 838. The third-order valence-corrected chi connectivity index (χ3v) is 4.57. The number of amides is 2. The summed E-state index contributed by atoms with van der Waals surface area (Å²) in [4.78, 5) is 24.2. The van der Waals surface area contributed by atoms with E-state index in [-0.39, 0.29) is 17.2 Å². The van der Waals surface area contributed by atoms with Crippen molar-refractivity contribution in [1.29, 1.82) is 0 Å². The number of rotatable bonds is 10. The molecule has 0 bridgehead atoms. The van der Waals surface area contributed by atoms with E-state index in [1.54, 1.807) is 26.4 Å². The van der Waals surface area contributed by atoms with Crippen molar-refractivity contribution in [3.05, 3.63) is 71.8 Å². The van der Waals surface area contributed by atoms with Gasteiger partial charge in [0.2, 0.25) is 11.8 Å². The molecule has 164 valence electrons. The smallest absolute Gasteiger partial charge is 0.244 e. The van der Waals surface area contributed by atoms with E-state index in [1.807, 2.05) is 62.4 Å². The molecule has 6 nitrogen and oxygen atoms in total. The molecule has 0 spiro atoms. The summed E-state index contributed by atoms with van der Waals surface area (Å²) in [6, 6.07) is 14.9. The summed E-state index contributed by atoms with van der Waals surface area (Å²) in [5.41, 5.74) is 1.52. The molecule has 0 aliphatic carbocycles. The second kappa shape index (κ2) is 11.6. The highest BCUT2D eigenvalue weighted by Crippen LogP contribution is 2.14. The van der Waals surface area contributed by atoms with Gasteiger partial charge in [0.1, 0.15) is 11.5 Å². The van der Waals surface area contributed by atoms with E-state index in [2.05, 4.69) is 10.6 Å². The lowest BCUT2D eigenvalue weighted by atomic mass is 9.93. The van der Waals surface area contributed by atoms with Crippen molar-refractivity contribution in [2.24, 2.45) is 5.41 Å². The van der Waals surface area contributed by atoms with Gasteiger partial charge in [-0.1, -0.05) is 38.1 Å². The number of hydrogen-bond acceptors (Lipinski definition) is 4. The average molecular weight is 423 g/mol. The van der Waals surface area contributed by atoms with Crippen molar-refractivity contribution in [2.45, 2.75) is 13.8 Å². The van der Waals surface area contributed by atoms with Crippen LogP contribution in [0.5, 0.6) is 11.5 Å². The maximum absolute atomic E-state index is 12.1. The molecule has 31 heavy (non-hydrogen) atoms. The number of benzene rings is 2. The zero-order valence-corrected chi connectivity index (χ0v) is 18.5. The van der Waals surface area contributed by atoms with Gasteiger partial charge in [-0.05, 0) is 53.0 Å². The van der Waals surface area contributed by atoms with Crippen LogP contribution in [-0.4, -0.2) is 39.1 Å². The van der Waals surface area contributed by atoms with E-state index in [0.29, 0.717) is 13.1 Å². The highest BCUT2D eigenvalue weighted by molar-refractivity contribution is 5.92. The fraction of sp³-hybridized carbons (Fsp3) is 0.280. The Labute approximate surface area is 184 Å². The zero-order valence-electron chi connectivity index (χ0n) is 18.5. The predicted octanol–water partition coefficient (Wildman–Crippen LogP) is 3.69. The van der Waals surface area contributed by atoms with Crippen LogP contribution in [0.15, 0.2) is 60.7 Å². The molecular formula is C25H30N2O4. The minimum Gasteiger partial charge on any atom is -0.497 e. The number of ether oxygens (including phenoxy) is 2. The fourth-order valence-corrected chi connectivity index (χ4v) is 2.61. The molecule has 0 aliphatic rings. The van der Waals surface area contributed by atoms with Gasteiger partial charge < -0.3 is 20.1 Å². The molecule has 2 aromatic carbocycles. The summed E-state index contributed by atoms with van der Waals surface area (Å²) in [6.07, 6.45) is 6.48. The number of carbonyl (C=O) groups excluding carboxylic acids is 2. The zero-order chi connectivity index (χ0) is 22.7. The SMILES string of the molecule is COc1ccc(/C=C/C(=O)NCC(C)(C)CNC(=O)/C=C/c2ccc(OC)cc2)cc1. The molecule has 6 heteroatoms. The third-order valence-electron chi connectivity index (χ3n) is 4.57. The first-order valence-electron chi connectivity index (χ1n) is 10.0. The van der Waals surface area contributed by atoms with Gasteiger partial charge in [-0.15, -0.1) is 0 Å². The monoisotopic (exact) mass is 422 g/mol. The van der Waals surface area contributed by atoms with Crippen LogP contribution in [0.3, 0.4) is 0 Å². The van der Waals surface area contributed by atoms with Gasteiger partial charge in [-0.3, -0.25) is 9.59 Å². The molecule has 0 aromatic heterocycles. The fourth-order valence-electron chi connectivity index (χ4n) is 2.61. The first-order chi connectivity index (χ1) is 14.8. The molecule has 0 radical (unpaired) electrons. The normalized spacial score (nSPS) is 11.5. The number of methoxy groups -OCH3 is 2. The van der Waals surface area contributed by atoms with Crippen molar-refractivity contribution >= 4 is 24.0 Å². The van der Waals surface area contributed by atoms with E-state index in [0.717, 1.165) is 22.6 Å². The lowest BCUT2D eigenvalue weighted by molar-refractivity contribution is -0.116. The van der Waals surface area contributed by atoms with Crippen LogP contribution in [0, 0.1) is 5.41 Å². The van der Waals surface area contributed by atoms with Crippen LogP contribution in [-0.2, 0) is 9.59 Å². The molecule has 0 heterocycles. The first-order valence-corrected chi connectivity index (χ1v) is 10.0. The molecule has 2 N–H and O–H groups in total. The van der Waals surface area contributed by atoms with Crippen LogP contribution in [0.4, 0.5) is 0 Å². The number of nitrogens with one attached hydrogen (secondary N) is 2. The van der Waals surface area contributed by atoms with Gasteiger partial charge in [0.05, 0.1) is 14.2 Å². The van der Waals surface area contributed by atoms with Gasteiger partial charge in [0.15, 0.2) is 0 Å². The van der Waals surface area contributed by atoms with Crippen LogP contribution in [0.2, 0.25) is 0 Å². The molecule has 0 fully saturated rings. The lowest BCUT2D eigenvalue weighted by Gasteiger charge is -2.24. The van der Waals surface area contributed by atoms with Gasteiger partial charge >= 0.3 is 0 Å². The molecule has 0 aliphatic heterocycles. The highest BCUT2D eigenvalue weighted by Gasteiger charge is 2.19. The first kappa shape index (κ1) is 23.7. The summed E-state index contributed by atoms with van der Waals surface area (Å²) in [6.45, 7) is 4.82. The van der Waals surface area contributed by atoms with Gasteiger partial charge in [-0.25, -0.2) is 0 Å². The maximum atomic E-state index is 12.1. The quantitative estimate of drug-likeness (QED) is 0.573. The second-order valence-electron chi connectivity index (χ2n) is 7.81. The lowest BCUT2D eigenvalue weighted by Crippen LogP contribution is -2.41. The average Bonchev–Trinajstić information content (AvgIpc) is 2.79. The number of carbonyl (C=O) groups is 2. The molecule has 0 saturated heterocycles. The molecule has 0 atom stereocenters. The van der Waals surface area contributed by atoms with Gasteiger partial charge in [0.25, 0.3) is 0 Å². The maximum Gasteiger partial charge on any atom is 0.244 e. The minimum atomic E-state index is -0.298. The second-order valence-corrected chi connectivity index (χ2v) is 7.81. The van der Waals surface area contributed by atoms with Crippen molar-refractivity contribution in [3.8, 4) is 11.5 Å². The van der Waals surface area contributed by atoms with Crippen molar-refractivity contribution in [2.75, 3.05) is 27.3 Å². The van der Waals surface area contributed by atoms with Crippen LogP contribution < -0.4 is 20.1 Å². The third kappa shape index (κ3) is 8.78. The van der Waals surface area contributed by atoms with E-state index in [9.17, 15) is 9.59 Å². The van der Waals surface area contributed by atoms with Gasteiger partial charge in [-0.2, -0.15) is 0 Å². The summed E-state index contributed by atoms with van der Waals surface area (Å²) >= 11 is 0. The number of hydrogen-bond donors (Lipinski definition) is 2. The Hall–Kier alpha value is -3.54. The van der Waals surface area contributed by atoms with E-state index >= 15 is 0 Å². The summed E-state index contributed by atoms with van der Waals surface area (Å²) in [7, 11) is 3.22. The Balaban J connectivity index is 1.75. The summed E-state index contributed by atoms with van der Waals surface area (Å²) < 4.78 is 10.2. The standard InChI is InChI=1S/C25H30N2O4/c1-25(2,17-26-23(28)15-9-19-5-11-21(30-3)12-6-19)18-27-24(29)16-10-20-7-13-22(31-4)14-8-20/h5-16H,17-18H2,1-4H3,(H,26,28)(H,27,29)/b15-9+,16-10+. The Morgan fingerprint density at radius 3 is 1.42 bits per heavy atom. The predicted molar refractivity (Wildman–Crippen MR) is 124 cm³/mol. The molecule has 2 rings (SSSR count). The molecule has 2 aromatic rings. The summed E-state index contributed by atoms with van der Waals surface area (Å²) in [5.74, 6) is 1.16. The van der Waals surface area contributed by atoms with Crippen molar-refractivity contribution in [3.63, 3.8) is 0 Å². The molecule has 0 saturated carbocycles. The Morgan fingerprint density at radius 2 is 1.10 bits per heavy atom. The van der Waals surface area contributed by atoms with Crippen LogP contribution in [0.25, 0.3) is 12.2 Å². The molecule has 0 unspecified atom stereocenters. The topological polar surface area (TPSA) is 76.7 Å². The van der Waals surface area contributed by atoms with E-state index < -0.39 is 0 Å². The highest BCUT2D eigenvalue weighted by atomic mass is 16.5. The molecule has 2 amide bonds. The minimum absolute atomic E-state index is 0.186. The summed E-state index contributed by atoms with van der Waals surface area (Å²) in [5, 5.41) is 5.75. The largest absolute Gasteiger partial charge is 0.497 e.